The zero-order chi connectivity index (χ0) is 20.2. The maximum absolute atomic E-state index is 5.84. The predicted molar refractivity (Wildman–Crippen MR) is 117 cm³/mol. The van der Waals surface area contributed by atoms with Crippen LogP contribution >= 0.6 is 0 Å². The summed E-state index contributed by atoms with van der Waals surface area (Å²) in [5, 5.41) is 10.9. The lowest BCUT2D eigenvalue weighted by Gasteiger charge is -2.12. The number of aryl methyl sites for hydroxylation is 1. The number of rotatable bonds is 10. The maximum Gasteiger partial charge on any atom is 0.191 e. The first-order valence-corrected chi connectivity index (χ1v) is 10.1. The predicted octanol–water partition coefficient (Wildman–Crippen LogP) is 3.61. The molecule has 0 fully saturated rings. The summed E-state index contributed by atoms with van der Waals surface area (Å²) < 4.78 is 7.78. The molecule has 2 N–H and O–H groups in total. The van der Waals surface area contributed by atoms with Gasteiger partial charge in [0, 0.05) is 32.0 Å². The molecule has 0 spiro atoms. The molecule has 2 aromatic carbocycles. The molecule has 0 amide bonds. The first-order valence-electron chi connectivity index (χ1n) is 10.1. The van der Waals surface area contributed by atoms with Crippen molar-refractivity contribution in [3.05, 3.63) is 84.2 Å². The van der Waals surface area contributed by atoms with Gasteiger partial charge in [-0.25, -0.2) is 4.99 Å². The van der Waals surface area contributed by atoms with Gasteiger partial charge in [0.25, 0.3) is 0 Å². The number of aliphatic imine (C=N–C) groups is 1. The van der Waals surface area contributed by atoms with Crippen LogP contribution in [0.4, 0.5) is 0 Å². The van der Waals surface area contributed by atoms with Crippen LogP contribution in [-0.2, 0) is 19.7 Å². The van der Waals surface area contributed by atoms with Gasteiger partial charge in [-0.05, 0) is 42.7 Å². The number of hydrogen-bond acceptors (Lipinski definition) is 3. The van der Waals surface area contributed by atoms with Crippen molar-refractivity contribution in [3.8, 4) is 5.75 Å². The van der Waals surface area contributed by atoms with Crippen LogP contribution in [0.1, 0.15) is 24.5 Å². The molecule has 0 aliphatic rings. The number of aromatic nitrogens is 2. The molecule has 0 saturated carbocycles. The third-order valence-electron chi connectivity index (χ3n) is 4.32. The van der Waals surface area contributed by atoms with Gasteiger partial charge in [-0.3, -0.25) is 4.68 Å². The largest absolute Gasteiger partial charge is 0.489 e. The molecule has 0 unspecified atom stereocenters. The molecule has 29 heavy (non-hydrogen) atoms. The van der Waals surface area contributed by atoms with Crippen LogP contribution in [0, 0.1) is 0 Å². The van der Waals surface area contributed by atoms with E-state index in [-0.39, 0.29) is 0 Å². The number of para-hydroxylation sites is 1. The van der Waals surface area contributed by atoms with E-state index in [0.29, 0.717) is 13.2 Å². The van der Waals surface area contributed by atoms with Gasteiger partial charge in [0.05, 0.1) is 6.54 Å². The summed E-state index contributed by atoms with van der Waals surface area (Å²) in [6.45, 7) is 5.80. The second kappa shape index (κ2) is 11.5. The van der Waals surface area contributed by atoms with Crippen molar-refractivity contribution < 1.29 is 4.74 Å². The highest BCUT2D eigenvalue weighted by molar-refractivity contribution is 5.79. The Hall–Kier alpha value is -3.28. The molecule has 6 nitrogen and oxygen atoms in total. The highest BCUT2D eigenvalue weighted by Crippen LogP contribution is 2.13. The summed E-state index contributed by atoms with van der Waals surface area (Å²) in [7, 11) is 0. The van der Waals surface area contributed by atoms with E-state index in [1.165, 1.54) is 0 Å². The Kier molecular flexibility index (Phi) is 8.14. The Morgan fingerprint density at radius 1 is 1.03 bits per heavy atom. The van der Waals surface area contributed by atoms with E-state index in [1.54, 1.807) is 6.20 Å². The van der Waals surface area contributed by atoms with Crippen LogP contribution in [0.2, 0.25) is 0 Å². The van der Waals surface area contributed by atoms with Gasteiger partial charge in [-0.2, -0.15) is 5.10 Å². The number of benzene rings is 2. The summed E-state index contributed by atoms with van der Waals surface area (Å²) in [5.41, 5.74) is 2.30. The van der Waals surface area contributed by atoms with Gasteiger partial charge in [0.2, 0.25) is 0 Å². The van der Waals surface area contributed by atoms with Gasteiger partial charge in [-0.1, -0.05) is 42.5 Å². The van der Waals surface area contributed by atoms with Crippen LogP contribution in [0.15, 0.2) is 78.0 Å². The standard InChI is InChI=1S/C23H29N5O/c1-2-24-23(25-13-7-15-28-16-8-14-27-28)26-18-20-9-6-10-21(17-20)19-29-22-11-4-3-5-12-22/h3-6,8-12,14,16-17H,2,7,13,15,18-19H2,1H3,(H2,24,25,26). The van der Waals surface area contributed by atoms with E-state index in [9.17, 15) is 0 Å². The van der Waals surface area contributed by atoms with Crippen molar-refractivity contribution in [1.29, 1.82) is 0 Å². The smallest absolute Gasteiger partial charge is 0.191 e. The second-order valence-corrected chi connectivity index (χ2v) is 6.67. The molecule has 0 radical (unpaired) electrons. The molecule has 0 saturated heterocycles. The molecule has 0 bridgehead atoms. The number of nitrogens with zero attached hydrogens (tertiary/aromatic N) is 3. The van der Waals surface area contributed by atoms with E-state index in [4.69, 9.17) is 9.73 Å². The third kappa shape index (κ3) is 7.33. The molecular weight excluding hydrogens is 362 g/mol. The molecule has 0 aliphatic carbocycles. The zero-order valence-electron chi connectivity index (χ0n) is 16.9. The van der Waals surface area contributed by atoms with Crippen molar-refractivity contribution in [2.75, 3.05) is 13.1 Å². The summed E-state index contributed by atoms with van der Waals surface area (Å²) in [5.74, 6) is 1.71. The Morgan fingerprint density at radius 2 is 1.90 bits per heavy atom. The SMILES string of the molecule is CCNC(=NCc1cccc(COc2ccccc2)c1)NCCCn1cccn1. The normalized spacial score (nSPS) is 11.3. The summed E-state index contributed by atoms with van der Waals surface area (Å²) in [6, 6.07) is 20.2. The van der Waals surface area contributed by atoms with E-state index < -0.39 is 0 Å². The fraction of sp³-hybridized carbons (Fsp3) is 0.304. The van der Waals surface area contributed by atoms with Gasteiger partial charge in [0.1, 0.15) is 12.4 Å². The minimum Gasteiger partial charge on any atom is -0.489 e. The van der Waals surface area contributed by atoms with Crippen molar-refractivity contribution in [1.82, 2.24) is 20.4 Å². The van der Waals surface area contributed by atoms with E-state index in [0.717, 1.165) is 48.9 Å². The molecular formula is C23H29N5O. The summed E-state index contributed by atoms with van der Waals surface area (Å²) in [4.78, 5) is 4.71. The van der Waals surface area contributed by atoms with Gasteiger partial charge in [-0.15, -0.1) is 0 Å². The van der Waals surface area contributed by atoms with Gasteiger partial charge >= 0.3 is 0 Å². The molecule has 152 valence electrons. The van der Waals surface area contributed by atoms with E-state index >= 15 is 0 Å². The van der Waals surface area contributed by atoms with Crippen LogP contribution in [0.5, 0.6) is 5.75 Å². The Morgan fingerprint density at radius 3 is 2.69 bits per heavy atom. The summed E-state index contributed by atoms with van der Waals surface area (Å²) in [6.07, 6.45) is 4.77. The van der Waals surface area contributed by atoms with Crippen LogP contribution < -0.4 is 15.4 Å². The Balaban J connectivity index is 1.48. The minimum atomic E-state index is 0.549. The van der Waals surface area contributed by atoms with E-state index in [1.807, 2.05) is 47.3 Å². The number of hydrogen-bond donors (Lipinski definition) is 2. The first-order chi connectivity index (χ1) is 14.3. The quantitative estimate of drug-likeness (QED) is 0.315. The number of ether oxygens (including phenoxy) is 1. The zero-order valence-corrected chi connectivity index (χ0v) is 16.9. The van der Waals surface area contributed by atoms with Crippen molar-refractivity contribution in [2.45, 2.75) is 33.0 Å². The highest BCUT2D eigenvalue weighted by Gasteiger charge is 2.01. The monoisotopic (exact) mass is 391 g/mol. The van der Waals surface area contributed by atoms with Crippen molar-refractivity contribution >= 4 is 5.96 Å². The first kappa shape index (κ1) is 20.5. The Labute approximate surface area is 172 Å². The number of guanidine groups is 1. The lowest BCUT2D eigenvalue weighted by Crippen LogP contribution is -2.38. The maximum atomic E-state index is 5.84. The topological polar surface area (TPSA) is 63.5 Å². The average molecular weight is 392 g/mol. The minimum absolute atomic E-state index is 0.549. The van der Waals surface area contributed by atoms with Crippen molar-refractivity contribution in [3.63, 3.8) is 0 Å². The molecule has 0 atom stereocenters. The van der Waals surface area contributed by atoms with Gasteiger partial charge in [0.15, 0.2) is 5.96 Å². The fourth-order valence-electron chi connectivity index (χ4n) is 2.89. The fourth-order valence-corrected chi connectivity index (χ4v) is 2.89. The second-order valence-electron chi connectivity index (χ2n) is 6.67. The van der Waals surface area contributed by atoms with Crippen LogP contribution in [0.25, 0.3) is 0 Å². The average Bonchev–Trinajstić information content (AvgIpc) is 3.28. The van der Waals surface area contributed by atoms with Crippen molar-refractivity contribution in [2.24, 2.45) is 4.99 Å². The molecule has 3 rings (SSSR count). The molecule has 6 heteroatoms. The van der Waals surface area contributed by atoms with E-state index in [2.05, 4.69) is 46.9 Å². The highest BCUT2D eigenvalue weighted by atomic mass is 16.5. The number of nitrogens with one attached hydrogen (secondary N) is 2. The lowest BCUT2D eigenvalue weighted by atomic mass is 10.1. The molecule has 3 aromatic rings. The molecule has 1 aromatic heterocycles. The van der Waals surface area contributed by atoms with Gasteiger partial charge < -0.3 is 15.4 Å². The molecule has 0 aliphatic heterocycles. The summed E-state index contributed by atoms with van der Waals surface area (Å²) >= 11 is 0. The molecule has 1 heterocycles. The van der Waals surface area contributed by atoms with Crippen LogP contribution in [-0.4, -0.2) is 28.8 Å². The van der Waals surface area contributed by atoms with Crippen LogP contribution in [0.3, 0.4) is 0 Å². The third-order valence-corrected chi connectivity index (χ3v) is 4.32. The Bertz CT molecular complexity index is 862. The lowest BCUT2D eigenvalue weighted by molar-refractivity contribution is 0.306.